The van der Waals surface area contributed by atoms with Crippen LogP contribution in [0, 0.1) is 0 Å². The molecule has 0 saturated carbocycles. The third-order valence-corrected chi connectivity index (χ3v) is 4.43. The summed E-state index contributed by atoms with van der Waals surface area (Å²) in [6.45, 7) is 0.732. The van der Waals surface area contributed by atoms with Crippen LogP contribution in [-0.4, -0.2) is 38.8 Å². The fraction of sp³-hybridized carbons (Fsp3) is 0.150. The maximum Gasteiger partial charge on any atom is 0.414 e. The number of ether oxygens (including phenoxy) is 1. The lowest BCUT2D eigenvalue weighted by Gasteiger charge is -2.09. The van der Waals surface area contributed by atoms with Crippen molar-refractivity contribution in [3.8, 4) is 17.0 Å². The van der Waals surface area contributed by atoms with Gasteiger partial charge in [-0.3, -0.25) is 0 Å². The lowest BCUT2D eigenvalue weighted by atomic mass is 10.1. The molecular weight excluding hydrogens is 442 g/mol. The Bertz CT molecular complexity index is 974. The summed E-state index contributed by atoms with van der Waals surface area (Å²) in [6, 6.07) is 16.2. The number of aliphatic carboxylic acids is 2. The van der Waals surface area contributed by atoms with Crippen molar-refractivity contribution in [2.24, 2.45) is 7.05 Å². The molecule has 9 heteroatoms. The SMILES string of the molecule is COc1cccc(-c2cnc(NCc3ccc(Br)cc3)n2C)c1.O=C(O)C(=O)O. The van der Waals surface area contributed by atoms with Gasteiger partial charge in [-0.1, -0.05) is 40.2 Å². The minimum atomic E-state index is -1.82. The summed E-state index contributed by atoms with van der Waals surface area (Å²) < 4.78 is 8.42. The zero-order chi connectivity index (χ0) is 21.4. The Morgan fingerprint density at radius 3 is 2.38 bits per heavy atom. The second-order valence-corrected chi connectivity index (χ2v) is 6.76. The first-order valence-electron chi connectivity index (χ1n) is 8.42. The predicted octanol–water partition coefficient (Wildman–Crippen LogP) is 3.63. The Kier molecular flexibility index (Phi) is 7.79. The summed E-state index contributed by atoms with van der Waals surface area (Å²) in [5.41, 5.74) is 3.33. The van der Waals surface area contributed by atoms with Crippen LogP contribution in [0.5, 0.6) is 5.75 Å². The van der Waals surface area contributed by atoms with Gasteiger partial charge < -0.3 is 24.8 Å². The molecule has 29 heavy (non-hydrogen) atoms. The van der Waals surface area contributed by atoms with Crippen molar-refractivity contribution in [2.75, 3.05) is 12.4 Å². The minimum Gasteiger partial charge on any atom is -0.497 e. The molecule has 0 amide bonds. The van der Waals surface area contributed by atoms with Crippen LogP contribution in [0.4, 0.5) is 5.95 Å². The highest BCUT2D eigenvalue weighted by Gasteiger charge is 2.09. The topological polar surface area (TPSA) is 114 Å². The number of rotatable bonds is 5. The van der Waals surface area contributed by atoms with Crippen molar-refractivity contribution in [1.82, 2.24) is 9.55 Å². The molecular formula is C20H20BrN3O5. The summed E-state index contributed by atoms with van der Waals surface area (Å²) in [6.07, 6.45) is 1.87. The molecule has 0 aliphatic carbocycles. The lowest BCUT2D eigenvalue weighted by Crippen LogP contribution is -2.09. The van der Waals surface area contributed by atoms with E-state index in [2.05, 4.69) is 44.4 Å². The van der Waals surface area contributed by atoms with Gasteiger partial charge in [0.25, 0.3) is 0 Å². The molecule has 2 aromatic carbocycles. The molecule has 3 N–H and O–H groups in total. The second kappa shape index (κ2) is 10.3. The van der Waals surface area contributed by atoms with Crippen molar-refractivity contribution in [2.45, 2.75) is 6.54 Å². The van der Waals surface area contributed by atoms with Crippen molar-refractivity contribution in [3.05, 3.63) is 64.8 Å². The number of nitrogens with zero attached hydrogens (tertiary/aromatic N) is 2. The molecule has 1 heterocycles. The van der Waals surface area contributed by atoms with Gasteiger partial charge in [-0.25, -0.2) is 14.6 Å². The van der Waals surface area contributed by atoms with Gasteiger partial charge in [-0.15, -0.1) is 0 Å². The van der Waals surface area contributed by atoms with Gasteiger partial charge in [0, 0.05) is 23.6 Å². The molecule has 0 atom stereocenters. The number of halogens is 1. The van der Waals surface area contributed by atoms with Crippen molar-refractivity contribution in [3.63, 3.8) is 0 Å². The van der Waals surface area contributed by atoms with E-state index in [0.29, 0.717) is 0 Å². The first kappa shape index (κ1) is 22.0. The molecule has 0 saturated heterocycles. The number of carboxylic acid groups (broad SMARTS) is 2. The van der Waals surface area contributed by atoms with Crippen LogP contribution >= 0.6 is 15.9 Å². The standard InChI is InChI=1S/C18H18BrN3O.C2H2O4/c1-22-17(14-4-3-5-16(10-14)23-2)12-21-18(22)20-11-13-6-8-15(19)9-7-13;3-1(4)2(5)6/h3-10,12H,11H2,1-2H3,(H,20,21);(H,3,4)(H,5,6). The number of anilines is 1. The van der Waals surface area contributed by atoms with Crippen LogP contribution in [0.1, 0.15) is 5.56 Å². The number of methoxy groups -OCH3 is 1. The van der Waals surface area contributed by atoms with Crippen LogP contribution in [0.2, 0.25) is 0 Å². The quantitative estimate of drug-likeness (QED) is 0.497. The van der Waals surface area contributed by atoms with Crippen LogP contribution in [0.15, 0.2) is 59.2 Å². The average Bonchev–Trinajstić information content (AvgIpc) is 3.08. The monoisotopic (exact) mass is 461 g/mol. The molecule has 0 spiro atoms. The highest BCUT2D eigenvalue weighted by Crippen LogP contribution is 2.25. The number of imidazole rings is 1. The maximum atomic E-state index is 9.10. The summed E-state index contributed by atoms with van der Waals surface area (Å²) in [5.74, 6) is -1.97. The van der Waals surface area contributed by atoms with Crippen molar-refractivity contribution >= 4 is 33.8 Å². The highest BCUT2D eigenvalue weighted by atomic mass is 79.9. The van der Waals surface area contributed by atoms with Gasteiger partial charge in [0.1, 0.15) is 5.75 Å². The van der Waals surface area contributed by atoms with Crippen molar-refractivity contribution in [1.29, 1.82) is 0 Å². The van der Waals surface area contributed by atoms with E-state index in [9.17, 15) is 0 Å². The first-order valence-corrected chi connectivity index (χ1v) is 9.21. The summed E-state index contributed by atoms with van der Waals surface area (Å²) in [4.78, 5) is 22.7. The predicted molar refractivity (Wildman–Crippen MR) is 112 cm³/mol. The van der Waals surface area contributed by atoms with E-state index in [4.69, 9.17) is 24.5 Å². The highest BCUT2D eigenvalue weighted by molar-refractivity contribution is 9.10. The summed E-state index contributed by atoms with van der Waals surface area (Å²) in [5, 5.41) is 18.2. The van der Waals surface area contributed by atoms with Crippen LogP contribution in [-0.2, 0) is 23.2 Å². The molecule has 0 unspecified atom stereocenters. The van der Waals surface area contributed by atoms with E-state index in [1.54, 1.807) is 7.11 Å². The largest absolute Gasteiger partial charge is 0.497 e. The van der Waals surface area contributed by atoms with Gasteiger partial charge in [0.2, 0.25) is 5.95 Å². The number of carbonyl (C=O) groups is 2. The number of benzene rings is 2. The fourth-order valence-electron chi connectivity index (χ4n) is 2.41. The molecule has 0 bridgehead atoms. The molecule has 3 aromatic rings. The normalized spacial score (nSPS) is 9.90. The number of hydrogen-bond acceptors (Lipinski definition) is 5. The Hall–Kier alpha value is -3.33. The van der Waals surface area contributed by atoms with E-state index < -0.39 is 11.9 Å². The molecule has 3 rings (SSSR count). The minimum absolute atomic E-state index is 0.732. The van der Waals surface area contributed by atoms with Gasteiger partial charge in [-0.2, -0.15) is 0 Å². The molecule has 0 radical (unpaired) electrons. The molecule has 0 aliphatic heterocycles. The van der Waals surface area contributed by atoms with Crippen LogP contribution in [0.25, 0.3) is 11.3 Å². The number of aromatic nitrogens is 2. The molecule has 152 valence electrons. The Labute approximate surface area is 175 Å². The summed E-state index contributed by atoms with van der Waals surface area (Å²) >= 11 is 3.45. The van der Waals surface area contributed by atoms with Gasteiger partial charge >= 0.3 is 11.9 Å². The lowest BCUT2D eigenvalue weighted by molar-refractivity contribution is -0.159. The van der Waals surface area contributed by atoms with E-state index in [-0.39, 0.29) is 0 Å². The zero-order valence-corrected chi connectivity index (χ0v) is 17.4. The number of nitrogens with one attached hydrogen (secondary N) is 1. The molecule has 8 nitrogen and oxygen atoms in total. The third-order valence-electron chi connectivity index (χ3n) is 3.90. The first-order chi connectivity index (χ1) is 13.8. The van der Waals surface area contributed by atoms with Gasteiger partial charge in [-0.05, 0) is 29.8 Å². The van der Waals surface area contributed by atoms with E-state index in [1.165, 1.54) is 5.56 Å². The summed E-state index contributed by atoms with van der Waals surface area (Å²) in [7, 11) is 3.68. The average molecular weight is 462 g/mol. The number of hydrogen-bond donors (Lipinski definition) is 3. The van der Waals surface area contributed by atoms with Crippen LogP contribution < -0.4 is 10.1 Å². The van der Waals surface area contributed by atoms with E-state index >= 15 is 0 Å². The van der Waals surface area contributed by atoms with E-state index in [1.807, 2.05) is 48.1 Å². The molecule has 0 fully saturated rings. The zero-order valence-electron chi connectivity index (χ0n) is 15.8. The number of carboxylic acids is 2. The van der Waals surface area contributed by atoms with Gasteiger partial charge in [0.05, 0.1) is 19.0 Å². The van der Waals surface area contributed by atoms with Gasteiger partial charge in [0.15, 0.2) is 0 Å². The maximum absolute atomic E-state index is 9.10. The van der Waals surface area contributed by atoms with Crippen molar-refractivity contribution < 1.29 is 24.5 Å². The molecule has 1 aromatic heterocycles. The Morgan fingerprint density at radius 2 is 1.79 bits per heavy atom. The second-order valence-electron chi connectivity index (χ2n) is 5.85. The van der Waals surface area contributed by atoms with Crippen LogP contribution in [0.3, 0.4) is 0 Å². The fourth-order valence-corrected chi connectivity index (χ4v) is 2.67. The smallest absolute Gasteiger partial charge is 0.414 e. The Morgan fingerprint density at radius 1 is 1.14 bits per heavy atom. The Balaban J connectivity index is 0.000000438. The third kappa shape index (κ3) is 6.35. The molecule has 0 aliphatic rings. The van der Waals surface area contributed by atoms with E-state index in [0.717, 1.165) is 34.0 Å².